The molecule has 2 radical (unpaired) electrons. The molecule has 5 rings (SSSR count). The van der Waals surface area contributed by atoms with Gasteiger partial charge in [-0.3, -0.25) is 19.2 Å². The first kappa shape index (κ1) is 44.3. The average Bonchev–Trinajstić information content (AvgIpc) is 3.10. The topological polar surface area (TPSA) is 343 Å². The van der Waals surface area contributed by atoms with Gasteiger partial charge in [0.1, 0.15) is 33.4 Å². The number of nitrogens with two attached hydrogens (primary N) is 2. The summed E-state index contributed by atoms with van der Waals surface area (Å²) in [5.74, 6) is -1.32. The first-order valence-electron chi connectivity index (χ1n) is 14.3. The van der Waals surface area contributed by atoms with Crippen LogP contribution >= 0.6 is 0 Å². The summed E-state index contributed by atoms with van der Waals surface area (Å²) in [6.45, 7) is 0. The summed E-state index contributed by atoms with van der Waals surface area (Å²) >= 11 is 0. The maximum absolute atomic E-state index is 12.1. The molecule has 25 heteroatoms. The van der Waals surface area contributed by atoms with E-state index in [4.69, 9.17) is 11.5 Å². The van der Waals surface area contributed by atoms with Crippen molar-refractivity contribution in [3.63, 3.8) is 0 Å². The van der Waals surface area contributed by atoms with Gasteiger partial charge in [0.15, 0.2) is 11.4 Å². The minimum absolute atomic E-state index is 0. The maximum atomic E-state index is 12.1. The predicted octanol–water partition coefficient (Wildman–Crippen LogP) is 7.56. The molecule has 0 heterocycles. The summed E-state index contributed by atoms with van der Waals surface area (Å²) < 4.78 is 66.1. The fraction of sp³-hybridized carbons (Fsp3) is 0. The smallest absolute Gasteiger partial charge is 0.296 e. The number of azo groups is 4. The van der Waals surface area contributed by atoms with Gasteiger partial charge in [-0.25, -0.2) is 0 Å². The summed E-state index contributed by atoms with van der Waals surface area (Å²) in [5, 5.41) is 63.2. The van der Waals surface area contributed by atoms with Crippen LogP contribution < -0.4 is 11.5 Å². The van der Waals surface area contributed by atoms with Gasteiger partial charge in [0.05, 0.1) is 38.3 Å². The molecule has 0 fully saturated rings. The van der Waals surface area contributed by atoms with E-state index in [0.717, 1.165) is 36.4 Å². The molecular formula is C30H23N11Na2O10S2. The number of non-ortho nitro benzene ring substituents is 1. The number of nitrogens with zero attached hydrogens (tertiary/aromatic N) is 9. The molecule has 0 spiro atoms. The van der Waals surface area contributed by atoms with Crippen molar-refractivity contribution in [1.82, 2.24) is 0 Å². The summed E-state index contributed by atoms with van der Waals surface area (Å²) in [6.07, 6.45) is 0. The van der Waals surface area contributed by atoms with Gasteiger partial charge >= 0.3 is 0 Å². The van der Waals surface area contributed by atoms with Crippen LogP contribution in [-0.2, 0) is 20.2 Å². The molecule has 0 bridgehead atoms. The molecule has 55 heavy (non-hydrogen) atoms. The van der Waals surface area contributed by atoms with Crippen molar-refractivity contribution < 1.29 is 41.1 Å². The predicted molar refractivity (Wildman–Crippen MR) is 199 cm³/mol. The molecule has 5 aromatic carbocycles. The molecule has 21 nitrogen and oxygen atoms in total. The van der Waals surface area contributed by atoms with E-state index in [9.17, 15) is 46.3 Å². The van der Waals surface area contributed by atoms with Crippen LogP contribution in [0.1, 0.15) is 0 Å². The van der Waals surface area contributed by atoms with Gasteiger partial charge in [-0.1, -0.05) is 6.07 Å². The second-order valence-electron chi connectivity index (χ2n) is 10.4. The molecule has 0 amide bonds. The first-order chi connectivity index (χ1) is 25.0. The zero-order valence-electron chi connectivity index (χ0n) is 28.4. The summed E-state index contributed by atoms with van der Waals surface area (Å²) in [6, 6.07) is 18.0. The van der Waals surface area contributed by atoms with Gasteiger partial charge in [0, 0.05) is 71.2 Å². The molecule has 0 aliphatic carbocycles. The average molecular weight is 808 g/mol. The number of anilines is 2. The van der Waals surface area contributed by atoms with Crippen LogP contribution in [0.5, 0.6) is 11.5 Å². The number of nitro groups is 1. The quantitative estimate of drug-likeness (QED) is 0.0188. The molecule has 0 aliphatic heterocycles. The number of nitro benzene ring substituents is 1. The number of aromatic hydroxyl groups is 2. The molecule has 0 saturated carbocycles. The number of hydrogen-bond acceptors (Lipinski definition) is 18. The van der Waals surface area contributed by atoms with Crippen LogP contribution in [0, 0.1) is 10.1 Å². The largest absolute Gasteiger partial charge is 0.505 e. The molecule has 0 unspecified atom stereocenters. The maximum Gasteiger partial charge on any atom is 0.296 e. The van der Waals surface area contributed by atoms with Gasteiger partial charge in [-0.05, 0) is 72.8 Å². The number of hydrogen-bond donors (Lipinski definition) is 6. The number of phenols is 2. The Bertz CT molecular complexity index is 2610. The molecule has 8 N–H and O–H groups in total. The van der Waals surface area contributed by atoms with Crippen molar-refractivity contribution in [2.75, 3.05) is 11.5 Å². The zero-order valence-corrected chi connectivity index (χ0v) is 34.0. The minimum atomic E-state index is -4.89. The van der Waals surface area contributed by atoms with E-state index < -0.39 is 57.8 Å². The monoisotopic (exact) mass is 807 g/mol. The van der Waals surface area contributed by atoms with Crippen LogP contribution in [0.2, 0.25) is 0 Å². The van der Waals surface area contributed by atoms with Crippen molar-refractivity contribution >= 4 is 142 Å². The molecule has 0 aromatic heterocycles. The Morgan fingerprint density at radius 2 is 1.11 bits per heavy atom. The van der Waals surface area contributed by atoms with Crippen molar-refractivity contribution in [2.45, 2.75) is 9.79 Å². The Morgan fingerprint density at radius 1 is 0.564 bits per heavy atom. The van der Waals surface area contributed by atoms with E-state index in [-0.39, 0.29) is 110 Å². The van der Waals surface area contributed by atoms with Crippen LogP contribution in [0.4, 0.5) is 62.6 Å². The van der Waals surface area contributed by atoms with E-state index in [0.29, 0.717) is 0 Å². The standard InChI is InChI=1S/C30H23N11O10S2.2Na/c31-21-14-22(32)25(15-24(21)37-34-17-2-1-3-20(12-17)52(46,47)48)38-35-18-6-11-28(53(49,50)51)26(13-18)39-40-29-27(42)10-9-23(30(29)43)36-33-16-4-7-19(8-5-16)41(44)45;;/h1-15,42-43H,31-32H2,(H,46,47,48)(H,49,50,51);;. The van der Waals surface area contributed by atoms with Crippen molar-refractivity contribution in [3.8, 4) is 11.5 Å². The van der Waals surface area contributed by atoms with Crippen LogP contribution in [0.3, 0.4) is 0 Å². The second kappa shape index (κ2) is 18.5. The molecule has 0 atom stereocenters. The van der Waals surface area contributed by atoms with Crippen LogP contribution in [0.25, 0.3) is 0 Å². The van der Waals surface area contributed by atoms with Crippen LogP contribution in [-0.4, -0.2) is 100 Å². The Labute approximate surface area is 354 Å². The summed E-state index contributed by atoms with van der Waals surface area (Å²) in [5.41, 5.74) is 11.0. The number of benzene rings is 5. The van der Waals surface area contributed by atoms with E-state index >= 15 is 0 Å². The van der Waals surface area contributed by atoms with E-state index in [1.807, 2.05) is 0 Å². The minimum Gasteiger partial charge on any atom is -0.505 e. The molecular weight excluding hydrogens is 785 g/mol. The van der Waals surface area contributed by atoms with Crippen LogP contribution in [0.15, 0.2) is 142 Å². The van der Waals surface area contributed by atoms with E-state index in [1.54, 1.807) is 0 Å². The van der Waals surface area contributed by atoms with E-state index in [2.05, 4.69) is 40.9 Å². The van der Waals surface area contributed by atoms with Gasteiger partial charge in [0.25, 0.3) is 25.9 Å². The molecule has 0 aliphatic rings. The third-order valence-electron chi connectivity index (χ3n) is 6.76. The number of rotatable bonds is 11. The van der Waals surface area contributed by atoms with Crippen molar-refractivity contribution in [2.24, 2.45) is 40.9 Å². The Balaban J connectivity index is 0.00000406. The summed E-state index contributed by atoms with van der Waals surface area (Å²) in [4.78, 5) is 9.14. The third kappa shape index (κ3) is 11.5. The first-order valence-corrected chi connectivity index (χ1v) is 17.2. The SMILES string of the molecule is Nc1cc(N)c(N=Nc2ccc(S(=O)(=O)O)c(N=Nc3c(O)ccc(N=Nc4ccc([N+](=O)[O-])cc4)c3O)c2)cc1N=Nc1cccc(S(=O)(=O)O)c1.[Na].[Na]. The number of nitrogen functional groups attached to an aromatic ring is 2. The van der Waals surface area contributed by atoms with Gasteiger partial charge in [-0.15, -0.1) is 25.6 Å². The van der Waals surface area contributed by atoms with Gasteiger partial charge < -0.3 is 21.7 Å². The Kier molecular flexibility index (Phi) is 14.9. The second-order valence-corrected chi connectivity index (χ2v) is 13.3. The fourth-order valence-corrected chi connectivity index (χ4v) is 5.30. The number of phenolic OH excluding ortho intramolecular Hbond substituents is 2. The van der Waals surface area contributed by atoms with Crippen molar-refractivity contribution in [3.05, 3.63) is 101 Å². The van der Waals surface area contributed by atoms with Gasteiger partial charge in [-0.2, -0.15) is 32.2 Å². The molecule has 5 aromatic rings. The Morgan fingerprint density at radius 3 is 1.69 bits per heavy atom. The normalized spacial score (nSPS) is 12.0. The summed E-state index contributed by atoms with van der Waals surface area (Å²) in [7, 11) is -9.37. The fourth-order valence-electron chi connectivity index (χ4n) is 4.17. The zero-order chi connectivity index (χ0) is 38.5. The molecule has 272 valence electrons. The third-order valence-corrected chi connectivity index (χ3v) is 8.51. The molecule has 0 saturated heterocycles. The van der Waals surface area contributed by atoms with Gasteiger partial charge in [0.2, 0.25) is 0 Å². The Hall–Kier alpha value is -5.08. The van der Waals surface area contributed by atoms with E-state index in [1.165, 1.54) is 54.6 Å². The van der Waals surface area contributed by atoms with Crippen molar-refractivity contribution in [1.29, 1.82) is 0 Å².